The van der Waals surface area contributed by atoms with E-state index in [2.05, 4.69) is 32.0 Å². The van der Waals surface area contributed by atoms with E-state index >= 15 is 0 Å². The Morgan fingerprint density at radius 1 is 1.32 bits per heavy atom. The van der Waals surface area contributed by atoms with Crippen molar-refractivity contribution in [3.8, 4) is 0 Å². The zero-order chi connectivity index (χ0) is 14.4. The Bertz CT molecular complexity index is 505. The third-order valence-corrected chi connectivity index (χ3v) is 4.38. The van der Waals surface area contributed by atoms with E-state index in [1.165, 1.54) is 5.56 Å². The van der Waals surface area contributed by atoms with Gasteiger partial charge in [-0.3, -0.25) is 4.79 Å². The van der Waals surface area contributed by atoms with Gasteiger partial charge in [0.25, 0.3) is 0 Å². The molecule has 1 aliphatic rings. The molecule has 1 amide bonds. The molecule has 0 saturated heterocycles. The van der Waals surface area contributed by atoms with Gasteiger partial charge in [-0.15, -0.1) is 0 Å². The smallest absolute Gasteiger partial charge is 0.236 e. The molecule has 0 fully saturated rings. The summed E-state index contributed by atoms with van der Waals surface area (Å²) in [5, 5.41) is 0. The monoisotopic (exact) mass is 260 g/mol. The van der Waals surface area contributed by atoms with Crippen LogP contribution in [0.1, 0.15) is 44.7 Å². The maximum atomic E-state index is 12.3. The van der Waals surface area contributed by atoms with Crippen molar-refractivity contribution in [3.63, 3.8) is 0 Å². The van der Waals surface area contributed by atoms with Crippen LogP contribution in [0.4, 0.5) is 5.69 Å². The summed E-state index contributed by atoms with van der Waals surface area (Å²) in [5.74, 6) is 1.01. The van der Waals surface area contributed by atoms with E-state index in [-0.39, 0.29) is 5.91 Å². The van der Waals surface area contributed by atoms with Crippen molar-refractivity contribution in [1.82, 2.24) is 0 Å². The highest BCUT2D eigenvalue weighted by Crippen LogP contribution is 2.42. The third kappa shape index (κ3) is 2.06. The van der Waals surface area contributed by atoms with E-state index in [0.717, 1.165) is 11.3 Å². The van der Waals surface area contributed by atoms with Crippen LogP contribution in [0.3, 0.4) is 0 Å². The number of likely N-dealkylation sites (N-methyl/N-ethyl adjacent to an activating group) is 1. The van der Waals surface area contributed by atoms with E-state index in [0.29, 0.717) is 18.4 Å². The molecule has 1 aromatic carbocycles. The molecule has 0 aromatic heterocycles. The first kappa shape index (κ1) is 14.1. The van der Waals surface area contributed by atoms with Crippen LogP contribution >= 0.6 is 0 Å². The summed E-state index contributed by atoms with van der Waals surface area (Å²) in [4.78, 5) is 14.0. The zero-order valence-corrected chi connectivity index (χ0v) is 12.5. The molecule has 2 N–H and O–H groups in total. The molecular formula is C16H24N2O. The Hall–Kier alpha value is -1.35. The molecule has 0 aliphatic carbocycles. The maximum absolute atomic E-state index is 12.3. The lowest BCUT2D eigenvalue weighted by Crippen LogP contribution is -2.33. The molecule has 0 bridgehead atoms. The van der Waals surface area contributed by atoms with Crippen LogP contribution in [0.5, 0.6) is 0 Å². The van der Waals surface area contributed by atoms with E-state index < -0.39 is 5.41 Å². The van der Waals surface area contributed by atoms with Gasteiger partial charge in [0.2, 0.25) is 5.91 Å². The van der Waals surface area contributed by atoms with E-state index in [1.54, 1.807) is 4.90 Å². The van der Waals surface area contributed by atoms with Gasteiger partial charge in [0.15, 0.2) is 0 Å². The normalized spacial score (nSPS) is 18.9. The van der Waals surface area contributed by atoms with Crippen LogP contribution in [-0.4, -0.2) is 19.5 Å². The summed E-state index contributed by atoms with van der Waals surface area (Å²) in [6.07, 6.45) is 0. The lowest BCUT2D eigenvalue weighted by Gasteiger charge is -2.22. The van der Waals surface area contributed by atoms with Gasteiger partial charge in [0, 0.05) is 12.7 Å². The number of carbonyl (C=O) groups excluding carboxylic acids is 1. The SMILES string of the molecule is CC(C)C(CN)c1ccc2c(c1)C(C)(C)C(=O)N2C. The van der Waals surface area contributed by atoms with Crippen LogP contribution in [-0.2, 0) is 10.2 Å². The Morgan fingerprint density at radius 3 is 2.47 bits per heavy atom. The van der Waals surface area contributed by atoms with Crippen molar-refractivity contribution in [2.24, 2.45) is 11.7 Å². The zero-order valence-electron chi connectivity index (χ0n) is 12.5. The summed E-state index contributed by atoms with van der Waals surface area (Å²) in [7, 11) is 1.85. The van der Waals surface area contributed by atoms with E-state index in [9.17, 15) is 4.79 Å². The van der Waals surface area contributed by atoms with Crippen molar-refractivity contribution >= 4 is 11.6 Å². The molecule has 0 radical (unpaired) electrons. The summed E-state index contributed by atoms with van der Waals surface area (Å²) < 4.78 is 0. The number of anilines is 1. The first-order chi connectivity index (χ1) is 8.80. The van der Waals surface area contributed by atoms with Crippen molar-refractivity contribution in [3.05, 3.63) is 29.3 Å². The Morgan fingerprint density at radius 2 is 1.95 bits per heavy atom. The molecular weight excluding hydrogens is 236 g/mol. The molecule has 3 heteroatoms. The van der Waals surface area contributed by atoms with Crippen molar-refractivity contribution in [2.45, 2.75) is 39.0 Å². The third-order valence-electron chi connectivity index (χ3n) is 4.38. The van der Waals surface area contributed by atoms with Crippen molar-refractivity contribution in [2.75, 3.05) is 18.5 Å². The number of carbonyl (C=O) groups is 1. The summed E-state index contributed by atoms with van der Waals surface area (Å²) in [6, 6.07) is 6.35. The predicted octanol–water partition coefficient (Wildman–Crippen LogP) is 2.64. The van der Waals surface area contributed by atoms with Crippen molar-refractivity contribution < 1.29 is 4.79 Å². The number of amides is 1. The summed E-state index contributed by atoms with van der Waals surface area (Å²) in [6.45, 7) is 9.00. The predicted molar refractivity (Wildman–Crippen MR) is 79.5 cm³/mol. The van der Waals surface area contributed by atoms with E-state index in [4.69, 9.17) is 5.73 Å². The second kappa shape index (κ2) is 4.64. The molecule has 0 spiro atoms. The van der Waals surface area contributed by atoms with Crippen LogP contribution in [0.2, 0.25) is 0 Å². The minimum Gasteiger partial charge on any atom is -0.330 e. The maximum Gasteiger partial charge on any atom is 0.236 e. The van der Waals surface area contributed by atoms with Gasteiger partial charge in [-0.2, -0.15) is 0 Å². The molecule has 1 aromatic rings. The highest BCUT2D eigenvalue weighted by molar-refractivity contribution is 6.07. The average molecular weight is 260 g/mol. The molecule has 19 heavy (non-hydrogen) atoms. The lowest BCUT2D eigenvalue weighted by atomic mass is 9.82. The van der Waals surface area contributed by atoms with Gasteiger partial charge in [0.1, 0.15) is 0 Å². The fourth-order valence-electron chi connectivity index (χ4n) is 3.01. The largest absolute Gasteiger partial charge is 0.330 e. The molecule has 104 valence electrons. The quantitative estimate of drug-likeness (QED) is 0.908. The Labute approximate surface area is 115 Å². The molecule has 1 atom stereocenters. The Balaban J connectivity index is 2.51. The number of fused-ring (bicyclic) bond motifs is 1. The van der Waals surface area contributed by atoms with Crippen molar-refractivity contribution in [1.29, 1.82) is 0 Å². The number of hydrogen-bond acceptors (Lipinski definition) is 2. The fraction of sp³-hybridized carbons (Fsp3) is 0.562. The van der Waals surface area contributed by atoms with Gasteiger partial charge >= 0.3 is 0 Å². The second-order valence-electron chi connectivity index (χ2n) is 6.35. The number of rotatable bonds is 3. The van der Waals surface area contributed by atoms with Crippen LogP contribution in [0.25, 0.3) is 0 Å². The minimum absolute atomic E-state index is 0.161. The first-order valence-corrected chi connectivity index (χ1v) is 6.93. The number of nitrogens with zero attached hydrogens (tertiary/aromatic N) is 1. The number of benzene rings is 1. The van der Waals surface area contributed by atoms with Gasteiger partial charge < -0.3 is 10.6 Å². The lowest BCUT2D eigenvalue weighted by molar-refractivity contribution is -0.121. The fourth-order valence-corrected chi connectivity index (χ4v) is 3.01. The van der Waals surface area contributed by atoms with Gasteiger partial charge in [-0.1, -0.05) is 26.0 Å². The summed E-state index contributed by atoms with van der Waals surface area (Å²) >= 11 is 0. The van der Waals surface area contributed by atoms with Gasteiger partial charge in [-0.05, 0) is 49.4 Å². The molecule has 1 aliphatic heterocycles. The second-order valence-corrected chi connectivity index (χ2v) is 6.35. The standard InChI is InChI=1S/C16H24N2O/c1-10(2)12(9-17)11-6-7-14-13(8-11)16(3,4)15(19)18(14)5/h6-8,10,12H,9,17H2,1-5H3. The molecule has 1 heterocycles. The van der Waals surface area contributed by atoms with Crippen LogP contribution < -0.4 is 10.6 Å². The highest BCUT2D eigenvalue weighted by atomic mass is 16.2. The highest BCUT2D eigenvalue weighted by Gasteiger charge is 2.42. The summed E-state index contributed by atoms with van der Waals surface area (Å²) in [5.41, 5.74) is 8.85. The molecule has 1 unspecified atom stereocenters. The first-order valence-electron chi connectivity index (χ1n) is 6.93. The van der Waals surface area contributed by atoms with Crippen LogP contribution in [0, 0.1) is 5.92 Å². The van der Waals surface area contributed by atoms with E-state index in [1.807, 2.05) is 20.9 Å². The minimum atomic E-state index is -0.434. The Kier molecular flexibility index (Phi) is 3.43. The molecule has 3 nitrogen and oxygen atoms in total. The number of nitrogens with two attached hydrogens (primary N) is 1. The topological polar surface area (TPSA) is 46.3 Å². The number of hydrogen-bond donors (Lipinski definition) is 1. The molecule has 2 rings (SSSR count). The van der Waals surface area contributed by atoms with Gasteiger partial charge in [0.05, 0.1) is 5.41 Å². The average Bonchev–Trinajstić information content (AvgIpc) is 2.52. The molecule has 0 saturated carbocycles. The van der Waals surface area contributed by atoms with Gasteiger partial charge in [-0.25, -0.2) is 0 Å². The van der Waals surface area contributed by atoms with Crippen LogP contribution in [0.15, 0.2) is 18.2 Å².